The fourth-order valence-electron chi connectivity index (χ4n) is 4.00. The summed E-state index contributed by atoms with van der Waals surface area (Å²) in [6.45, 7) is 7.44. The van der Waals surface area contributed by atoms with Crippen LogP contribution in [0.25, 0.3) is 0 Å². The number of amides is 1. The minimum atomic E-state index is -1.65. The Kier molecular flexibility index (Phi) is 9.37. The minimum Gasteiger partial charge on any atom is -0.479 e. The smallest absolute Gasteiger partial charge is 0.335 e. The zero-order chi connectivity index (χ0) is 24.3. The summed E-state index contributed by atoms with van der Waals surface area (Å²) in [4.78, 5) is 23.7. The Morgan fingerprint density at radius 1 is 1.00 bits per heavy atom. The maximum atomic E-state index is 11.9. The second-order valence-corrected chi connectivity index (χ2v) is 8.78. The van der Waals surface area contributed by atoms with Crippen LogP contribution in [0.15, 0.2) is 0 Å². The molecule has 0 saturated carbocycles. The largest absolute Gasteiger partial charge is 0.479 e. The molecular weight excluding hydrogens is 430 g/mol. The van der Waals surface area contributed by atoms with Gasteiger partial charge in [-0.25, -0.2) is 4.79 Å². The number of carbonyl (C=O) groups is 2. The molecule has 0 aromatic rings. The number of carbonyl (C=O) groups excluding carboxylic acids is 1. The molecule has 2 heterocycles. The molecule has 2 aliphatic rings. The first-order chi connectivity index (χ1) is 14.9. The van der Waals surface area contributed by atoms with E-state index in [1.165, 1.54) is 6.92 Å². The van der Waals surface area contributed by atoms with Gasteiger partial charge in [-0.05, 0) is 19.8 Å². The highest BCUT2D eigenvalue weighted by molar-refractivity contribution is 5.74. The second-order valence-electron chi connectivity index (χ2n) is 8.78. The molecule has 0 spiro atoms. The molecule has 0 aromatic heterocycles. The van der Waals surface area contributed by atoms with Crippen LogP contribution in [0, 0.1) is 5.92 Å². The van der Waals surface area contributed by atoms with Crippen molar-refractivity contribution in [3.05, 3.63) is 0 Å². The molecule has 1 amide bonds. The third kappa shape index (κ3) is 5.94. The van der Waals surface area contributed by atoms with E-state index in [2.05, 4.69) is 5.32 Å². The standard InChI is InChI=1S/C20H35NO11/c1-7(2)15-13(25)14(26)17(18(31-15)19(27)28)32-20-11(21-9(5)23)16(29-8(3)4)12(24)10(6-22)30-20/h7-8,10-18,20,22,24-26H,6H2,1-5H3,(H,21,23)(H,27,28). The van der Waals surface area contributed by atoms with Gasteiger partial charge in [0.1, 0.15) is 42.7 Å². The van der Waals surface area contributed by atoms with E-state index in [1.54, 1.807) is 27.7 Å². The summed E-state index contributed by atoms with van der Waals surface area (Å²) in [6, 6.07) is -1.12. The first-order valence-corrected chi connectivity index (χ1v) is 10.7. The Morgan fingerprint density at radius 2 is 1.62 bits per heavy atom. The highest BCUT2D eigenvalue weighted by Gasteiger charge is 2.53. The summed E-state index contributed by atoms with van der Waals surface area (Å²) in [7, 11) is 0. The van der Waals surface area contributed by atoms with Crippen molar-refractivity contribution in [1.29, 1.82) is 0 Å². The topological polar surface area (TPSA) is 184 Å². The van der Waals surface area contributed by atoms with Gasteiger partial charge >= 0.3 is 5.97 Å². The van der Waals surface area contributed by atoms with Gasteiger partial charge in [0.05, 0.1) is 18.8 Å². The molecule has 10 unspecified atom stereocenters. The average molecular weight is 465 g/mol. The van der Waals surface area contributed by atoms with E-state index in [0.29, 0.717) is 0 Å². The van der Waals surface area contributed by atoms with Crippen molar-refractivity contribution in [3.8, 4) is 0 Å². The van der Waals surface area contributed by atoms with E-state index in [4.69, 9.17) is 18.9 Å². The van der Waals surface area contributed by atoms with E-state index in [9.17, 15) is 35.1 Å². The molecule has 6 N–H and O–H groups in total. The molecule has 10 atom stereocenters. The molecule has 0 aromatic carbocycles. The van der Waals surface area contributed by atoms with Crippen molar-refractivity contribution >= 4 is 11.9 Å². The van der Waals surface area contributed by atoms with Gasteiger partial charge in [-0.15, -0.1) is 0 Å². The van der Waals surface area contributed by atoms with Gasteiger partial charge in [0.25, 0.3) is 0 Å². The van der Waals surface area contributed by atoms with Crippen molar-refractivity contribution in [1.82, 2.24) is 5.32 Å². The zero-order valence-corrected chi connectivity index (χ0v) is 18.8. The fraction of sp³-hybridized carbons (Fsp3) is 0.900. The summed E-state index contributed by atoms with van der Waals surface area (Å²) >= 11 is 0. The number of aliphatic hydroxyl groups excluding tert-OH is 4. The number of aliphatic carboxylic acids is 1. The lowest BCUT2D eigenvalue weighted by Crippen LogP contribution is -2.68. The van der Waals surface area contributed by atoms with Gasteiger partial charge in [0, 0.05) is 6.92 Å². The third-order valence-corrected chi connectivity index (χ3v) is 5.47. The minimum absolute atomic E-state index is 0.293. The lowest BCUT2D eigenvalue weighted by molar-refractivity contribution is -0.325. The van der Waals surface area contributed by atoms with Crippen LogP contribution in [0.4, 0.5) is 0 Å². The van der Waals surface area contributed by atoms with Crippen molar-refractivity contribution < 1.29 is 54.1 Å². The number of ether oxygens (including phenoxy) is 4. The molecule has 32 heavy (non-hydrogen) atoms. The van der Waals surface area contributed by atoms with E-state index < -0.39 is 79.6 Å². The van der Waals surface area contributed by atoms with Gasteiger partial charge < -0.3 is 49.8 Å². The number of hydrogen-bond donors (Lipinski definition) is 6. The molecule has 2 saturated heterocycles. The molecule has 12 heteroatoms. The van der Waals surface area contributed by atoms with Crippen molar-refractivity contribution in [2.75, 3.05) is 6.61 Å². The second kappa shape index (κ2) is 11.2. The van der Waals surface area contributed by atoms with Crippen LogP contribution in [0.5, 0.6) is 0 Å². The Morgan fingerprint density at radius 3 is 2.09 bits per heavy atom. The molecule has 0 aliphatic carbocycles. The van der Waals surface area contributed by atoms with Crippen LogP contribution in [-0.2, 0) is 28.5 Å². The van der Waals surface area contributed by atoms with Gasteiger partial charge in [-0.1, -0.05) is 13.8 Å². The monoisotopic (exact) mass is 465 g/mol. The van der Waals surface area contributed by atoms with Crippen LogP contribution in [-0.4, -0.2) is 111 Å². The van der Waals surface area contributed by atoms with E-state index in [1.807, 2.05) is 0 Å². The molecule has 12 nitrogen and oxygen atoms in total. The zero-order valence-electron chi connectivity index (χ0n) is 18.8. The van der Waals surface area contributed by atoms with Crippen LogP contribution in [0.2, 0.25) is 0 Å². The Balaban J connectivity index is 2.37. The molecule has 0 radical (unpaired) electrons. The third-order valence-electron chi connectivity index (χ3n) is 5.47. The Bertz CT molecular complexity index is 645. The van der Waals surface area contributed by atoms with Crippen LogP contribution >= 0.6 is 0 Å². The SMILES string of the molecule is CC(=O)NC1C(OC2C(C(=O)O)OC(C(C)C)C(O)C2O)OC(CO)C(O)C1OC(C)C. The average Bonchev–Trinajstić information content (AvgIpc) is 2.68. The number of aliphatic hydroxyl groups is 4. The number of nitrogens with one attached hydrogen (secondary N) is 1. The molecular formula is C20H35NO11. The van der Waals surface area contributed by atoms with Gasteiger partial charge in [0.15, 0.2) is 12.4 Å². The first kappa shape index (κ1) is 26.9. The molecule has 186 valence electrons. The summed E-state index contributed by atoms with van der Waals surface area (Å²) in [5.74, 6) is -2.22. The van der Waals surface area contributed by atoms with Gasteiger partial charge in [-0.2, -0.15) is 0 Å². The van der Waals surface area contributed by atoms with Crippen LogP contribution in [0.3, 0.4) is 0 Å². The van der Waals surface area contributed by atoms with Crippen molar-refractivity contribution in [2.45, 2.75) is 102 Å². The Labute approximate surface area is 186 Å². The Hall–Kier alpha value is -1.38. The quantitative estimate of drug-likeness (QED) is 0.232. The number of carboxylic acid groups (broad SMARTS) is 1. The van der Waals surface area contributed by atoms with E-state index in [-0.39, 0.29) is 12.0 Å². The lowest BCUT2D eigenvalue weighted by atomic mass is 9.89. The fourth-order valence-corrected chi connectivity index (χ4v) is 4.00. The lowest BCUT2D eigenvalue weighted by Gasteiger charge is -2.48. The molecule has 2 rings (SSSR count). The summed E-state index contributed by atoms with van der Waals surface area (Å²) < 4.78 is 22.6. The highest BCUT2D eigenvalue weighted by Crippen LogP contribution is 2.32. The number of hydrogen-bond acceptors (Lipinski definition) is 10. The maximum Gasteiger partial charge on any atom is 0.335 e. The normalized spacial score (nSPS) is 40.5. The first-order valence-electron chi connectivity index (χ1n) is 10.7. The summed E-state index contributed by atoms with van der Waals surface area (Å²) in [5, 5.41) is 53.6. The summed E-state index contributed by atoms with van der Waals surface area (Å²) in [5.41, 5.74) is 0. The highest BCUT2D eigenvalue weighted by atomic mass is 16.7. The van der Waals surface area contributed by atoms with Crippen LogP contribution in [0.1, 0.15) is 34.6 Å². The molecule has 0 bridgehead atoms. The van der Waals surface area contributed by atoms with E-state index >= 15 is 0 Å². The predicted molar refractivity (Wildman–Crippen MR) is 107 cm³/mol. The molecule has 2 fully saturated rings. The van der Waals surface area contributed by atoms with Crippen molar-refractivity contribution in [3.63, 3.8) is 0 Å². The maximum absolute atomic E-state index is 11.9. The predicted octanol–water partition coefficient (Wildman–Crippen LogP) is -2.02. The van der Waals surface area contributed by atoms with Crippen molar-refractivity contribution in [2.24, 2.45) is 5.92 Å². The van der Waals surface area contributed by atoms with Gasteiger partial charge in [0.2, 0.25) is 5.91 Å². The number of rotatable bonds is 8. The van der Waals surface area contributed by atoms with Gasteiger partial charge in [-0.3, -0.25) is 4.79 Å². The summed E-state index contributed by atoms with van der Waals surface area (Å²) in [6.07, 6.45) is -12.7. The van der Waals surface area contributed by atoms with E-state index in [0.717, 1.165) is 0 Å². The number of carboxylic acids is 1. The molecule has 2 aliphatic heterocycles. The van der Waals surface area contributed by atoms with Crippen LogP contribution < -0.4 is 5.32 Å².